The first kappa shape index (κ1) is 9.93. The van der Waals surface area contributed by atoms with Gasteiger partial charge in [-0.25, -0.2) is 0 Å². The second-order valence-corrected chi connectivity index (χ2v) is 4.79. The van der Waals surface area contributed by atoms with Crippen molar-refractivity contribution in [3.8, 4) is 0 Å². The van der Waals surface area contributed by atoms with Gasteiger partial charge in [-0.15, -0.1) is 0 Å². The van der Waals surface area contributed by atoms with Crippen molar-refractivity contribution in [3.05, 3.63) is 11.5 Å². The van der Waals surface area contributed by atoms with Crippen molar-refractivity contribution in [1.29, 1.82) is 0 Å². The number of nitrogens with zero attached hydrogens (tertiary/aromatic N) is 1. The molecule has 0 unspecified atom stereocenters. The smallest absolute Gasteiger partial charge is 0.399 e. The topological polar surface area (TPSA) is 30.8 Å². The van der Waals surface area contributed by atoms with Gasteiger partial charge in [-0.1, -0.05) is 6.08 Å². The summed E-state index contributed by atoms with van der Waals surface area (Å²) in [5.41, 5.74) is 0.535. The Balaban J connectivity index is 2.17. The lowest BCUT2D eigenvalue weighted by atomic mass is 9.79. The summed E-state index contributed by atoms with van der Waals surface area (Å²) in [6.45, 7) is 8.97. The maximum Gasteiger partial charge on any atom is 0.496 e. The molecule has 0 radical (unpaired) electrons. The summed E-state index contributed by atoms with van der Waals surface area (Å²) in [6.07, 6.45) is 3.88. The monoisotopic (exact) mass is 193 g/mol. The number of allylic oxidation sites excluding steroid dienone is 1. The predicted octanol–water partition coefficient (Wildman–Crippen LogP) is 1.63. The van der Waals surface area contributed by atoms with E-state index in [1.807, 2.05) is 12.3 Å². The lowest BCUT2D eigenvalue weighted by molar-refractivity contribution is 0.00578. The predicted molar refractivity (Wildman–Crippen MR) is 57.5 cm³/mol. The van der Waals surface area contributed by atoms with Crippen molar-refractivity contribution in [2.24, 2.45) is 4.99 Å². The highest BCUT2D eigenvalue weighted by Crippen LogP contribution is 2.38. The van der Waals surface area contributed by atoms with E-state index in [1.165, 1.54) is 0 Å². The molecular weight excluding hydrogens is 177 g/mol. The van der Waals surface area contributed by atoms with Crippen LogP contribution in [0.2, 0.25) is 0 Å². The third-order valence-electron chi connectivity index (χ3n) is 3.20. The van der Waals surface area contributed by atoms with Crippen LogP contribution in [-0.4, -0.2) is 31.1 Å². The summed E-state index contributed by atoms with van der Waals surface area (Å²) < 4.78 is 11.7. The Morgan fingerprint density at radius 1 is 1.21 bits per heavy atom. The lowest BCUT2D eigenvalue weighted by Gasteiger charge is -2.32. The quantitative estimate of drug-likeness (QED) is 0.592. The van der Waals surface area contributed by atoms with E-state index < -0.39 is 0 Å². The van der Waals surface area contributed by atoms with Crippen LogP contribution in [0.5, 0.6) is 0 Å². The molecule has 2 heterocycles. The van der Waals surface area contributed by atoms with Crippen LogP contribution < -0.4 is 0 Å². The fourth-order valence-corrected chi connectivity index (χ4v) is 1.51. The van der Waals surface area contributed by atoms with Crippen LogP contribution in [0.15, 0.2) is 16.5 Å². The summed E-state index contributed by atoms with van der Waals surface area (Å²) >= 11 is 0. The molecule has 2 aliphatic rings. The number of hydrogen-bond acceptors (Lipinski definition) is 3. The van der Waals surface area contributed by atoms with Crippen molar-refractivity contribution >= 4 is 13.3 Å². The van der Waals surface area contributed by atoms with E-state index in [4.69, 9.17) is 9.31 Å². The van der Waals surface area contributed by atoms with Gasteiger partial charge in [-0.2, -0.15) is 0 Å². The minimum Gasteiger partial charge on any atom is -0.399 e. The minimum absolute atomic E-state index is 0.244. The maximum absolute atomic E-state index is 5.87. The molecule has 0 aliphatic carbocycles. The molecule has 0 spiro atoms. The molecule has 3 nitrogen and oxygen atoms in total. The van der Waals surface area contributed by atoms with Gasteiger partial charge in [-0.3, -0.25) is 4.99 Å². The SMILES string of the molecule is CC1(C)OB(C2=CCN=C2)OC1(C)C. The summed E-state index contributed by atoms with van der Waals surface area (Å²) in [6, 6.07) is 0. The van der Waals surface area contributed by atoms with E-state index >= 15 is 0 Å². The van der Waals surface area contributed by atoms with Gasteiger partial charge in [0.2, 0.25) is 0 Å². The van der Waals surface area contributed by atoms with Crippen molar-refractivity contribution in [3.63, 3.8) is 0 Å². The van der Waals surface area contributed by atoms with Gasteiger partial charge in [0.1, 0.15) is 0 Å². The standard InChI is InChI=1S/C10H16BNO2/c1-9(2)10(3,4)14-11(13-9)8-5-6-12-7-8/h5,7H,6H2,1-4H3. The van der Waals surface area contributed by atoms with E-state index in [0.29, 0.717) is 0 Å². The average Bonchev–Trinajstić information content (AvgIpc) is 2.58. The Morgan fingerprint density at radius 3 is 2.21 bits per heavy atom. The van der Waals surface area contributed by atoms with Crippen molar-refractivity contribution < 1.29 is 9.31 Å². The number of rotatable bonds is 1. The third kappa shape index (κ3) is 1.42. The molecule has 0 aromatic heterocycles. The zero-order valence-corrected chi connectivity index (χ0v) is 9.20. The first-order valence-electron chi connectivity index (χ1n) is 4.98. The molecule has 2 rings (SSSR count). The highest BCUT2D eigenvalue weighted by molar-refractivity contribution is 6.60. The molecule has 4 heteroatoms. The fourth-order valence-electron chi connectivity index (χ4n) is 1.51. The van der Waals surface area contributed by atoms with Crippen LogP contribution in [0.3, 0.4) is 0 Å². The molecule has 0 saturated carbocycles. The fraction of sp³-hybridized carbons (Fsp3) is 0.700. The van der Waals surface area contributed by atoms with Crippen molar-refractivity contribution in [2.75, 3.05) is 6.54 Å². The molecule has 0 aromatic rings. The average molecular weight is 193 g/mol. The largest absolute Gasteiger partial charge is 0.496 e. The van der Waals surface area contributed by atoms with Gasteiger partial charge in [-0.05, 0) is 33.2 Å². The Labute approximate surface area is 85.3 Å². The number of hydrogen-bond donors (Lipinski definition) is 0. The van der Waals surface area contributed by atoms with Crippen LogP contribution in [0.25, 0.3) is 0 Å². The number of aliphatic imine (C=N–C) groups is 1. The van der Waals surface area contributed by atoms with Gasteiger partial charge in [0, 0.05) is 6.21 Å². The summed E-state index contributed by atoms with van der Waals surface area (Å²) in [7, 11) is -0.244. The highest BCUT2D eigenvalue weighted by atomic mass is 16.7. The molecule has 0 aromatic carbocycles. The third-order valence-corrected chi connectivity index (χ3v) is 3.20. The normalized spacial score (nSPS) is 28.3. The lowest BCUT2D eigenvalue weighted by Crippen LogP contribution is -2.41. The van der Waals surface area contributed by atoms with E-state index in [0.717, 1.165) is 12.0 Å². The van der Waals surface area contributed by atoms with Crippen LogP contribution >= 0.6 is 0 Å². The van der Waals surface area contributed by atoms with E-state index in [2.05, 4.69) is 32.7 Å². The van der Waals surface area contributed by atoms with E-state index in [9.17, 15) is 0 Å². The second-order valence-electron chi connectivity index (χ2n) is 4.79. The first-order valence-corrected chi connectivity index (χ1v) is 4.98. The molecular formula is C10H16BNO2. The molecule has 0 amide bonds. The first-order chi connectivity index (χ1) is 6.42. The molecule has 0 bridgehead atoms. The Hall–Kier alpha value is -0.605. The molecule has 76 valence electrons. The zero-order chi connectivity index (χ0) is 10.4. The summed E-state index contributed by atoms with van der Waals surface area (Å²) in [4.78, 5) is 4.13. The van der Waals surface area contributed by atoms with Gasteiger partial charge >= 0.3 is 7.12 Å². The molecule has 0 N–H and O–H groups in total. The Kier molecular flexibility index (Phi) is 2.09. The second kappa shape index (κ2) is 2.94. The molecule has 1 saturated heterocycles. The molecule has 1 fully saturated rings. The van der Waals surface area contributed by atoms with E-state index in [-0.39, 0.29) is 18.3 Å². The minimum atomic E-state index is -0.255. The van der Waals surface area contributed by atoms with Crippen molar-refractivity contribution in [1.82, 2.24) is 0 Å². The van der Waals surface area contributed by atoms with E-state index in [1.54, 1.807) is 0 Å². The summed E-state index contributed by atoms with van der Waals surface area (Å²) in [5.74, 6) is 0. The Bertz CT molecular complexity index is 291. The maximum atomic E-state index is 5.87. The van der Waals surface area contributed by atoms with Crippen molar-refractivity contribution in [2.45, 2.75) is 38.9 Å². The van der Waals surface area contributed by atoms with Crippen LogP contribution in [0.1, 0.15) is 27.7 Å². The van der Waals surface area contributed by atoms with Gasteiger partial charge in [0.05, 0.1) is 17.7 Å². The molecule has 14 heavy (non-hydrogen) atoms. The highest BCUT2D eigenvalue weighted by Gasteiger charge is 2.52. The van der Waals surface area contributed by atoms with Crippen LogP contribution in [0.4, 0.5) is 0 Å². The van der Waals surface area contributed by atoms with Gasteiger partial charge in [0.15, 0.2) is 0 Å². The molecule has 0 atom stereocenters. The van der Waals surface area contributed by atoms with Crippen LogP contribution in [0, 0.1) is 0 Å². The van der Waals surface area contributed by atoms with Gasteiger partial charge in [0.25, 0.3) is 0 Å². The van der Waals surface area contributed by atoms with Crippen LogP contribution in [-0.2, 0) is 9.31 Å². The van der Waals surface area contributed by atoms with Gasteiger partial charge < -0.3 is 9.31 Å². The summed E-state index contributed by atoms with van der Waals surface area (Å²) in [5, 5.41) is 0. The Morgan fingerprint density at radius 2 is 1.79 bits per heavy atom. The zero-order valence-electron chi connectivity index (χ0n) is 9.20. The molecule has 2 aliphatic heterocycles.